The summed E-state index contributed by atoms with van der Waals surface area (Å²) in [6.45, 7) is 8.96. The van der Waals surface area contributed by atoms with E-state index < -0.39 is 5.92 Å². The van der Waals surface area contributed by atoms with Crippen molar-refractivity contribution in [1.82, 2.24) is 34.0 Å². The van der Waals surface area contributed by atoms with Crippen molar-refractivity contribution in [1.29, 1.82) is 0 Å². The first-order chi connectivity index (χ1) is 20.1. The normalized spacial score (nSPS) is 25.9. The van der Waals surface area contributed by atoms with Gasteiger partial charge in [0.2, 0.25) is 5.92 Å². The van der Waals surface area contributed by atoms with E-state index in [1.54, 1.807) is 18.5 Å². The third kappa shape index (κ3) is 4.77. The Morgan fingerprint density at radius 3 is 2.67 bits per heavy atom. The molecule has 3 fully saturated rings. The molecule has 1 unspecified atom stereocenters. The molecular formula is C29H34BrF3N8O. The van der Waals surface area contributed by atoms with Crippen molar-refractivity contribution < 1.29 is 17.9 Å². The molecule has 42 heavy (non-hydrogen) atoms. The highest BCUT2D eigenvalue weighted by atomic mass is 79.9. The molecule has 2 aliphatic heterocycles. The van der Waals surface area contributed by atoms with E-state index in [1.165, 1.54) is 6.07 Å². The highest BCUT2D eigenvalue weighted by Crippen LogP contribution is 2.51. The summed E-state index contributed by atoms with van der Waals surface area (Å²) in [5, 5.41) is 8.43. The zero-order valence-corrected chi connectivity index (χ0v) is 25.4. The minimum absolute atomic E-state index is 0.00197. The van der Waals surface area contributed by atoms with Gasteiger partial charge in [-0.15, -0.1) is 10.2 Å². The van der Waals surface area contributed by atoms with Crippen molar-refractivity contribution in [3.63, 3.8) is 0 Å². The van der Waals surface area contributed by atoms with Crippen molar-refractivity contribution in [2.24, 2.45) is 5.92 Å². The Kier molecular flexibility index (Phi) is 6.97. The molecule has 0 amide bonds. The molecule has 2 saturated heterocycles. The summed E-state index contributed by atoms with van der Waals surface area (Å²) in [5.74, 6) is -1.12. The van der Waals surface area contributed by atoms with E-state index in [1.807, 2.05) is 11.3 Å². The van der Waals surface area contributed by atoms with Crippen LogP contribution in [0.3, 0.4) is 0 Å². The van der Waals surface area contributed by atoms with E-state index in [0.29, 0.717) is 29.9 Å². The molecule has 0 N–H and O–H groups in total. The first-order valence-electron chi connectivity index (χ1n) is 14.6. The molecule has 1 aromatic carbocycles. The summed E-state index contributed by atoms with van der Waals surface area (Å²) < 4.78 is 52.7. The third-order valence-corrected chi connectivity index (χ3v) is 9.84. The number of halogens is 4. The number of benzene rings is 1. The molecule has 1 saturated carbocycles. The lowest BCUT2D eigenvalue weighted by Crippen LogP contribution is -2.59. The Balaban J connectivity index is 1.24. The van der Waals surface area contributed by atoms with Crippen LogP contribution >= 0.6 is 15.9 Å². The number of nitrogens with zero attached hydrogens (tertiary/aromatic N) is 8. The van der Waals surface area contributed by atoms with Gasteiger partial charge in [0, 0.05) is 50.7 Å². The second kappa shape index (κ2) is 10.4. The summed E-state index contributed by atoms with van der Waals surface area (Å²) >= 11 is 3.30. The molecule has 9 nitrogen and oxygen atoms in total. The minimum atomic E-state index is -2.65. The number of hydrogen-bond acceptors (Lipinski definition) is 7. The molecule has 7 rings (SSSR count). The molecule has 3 aromatic heterocycles. The molecule has 4 aromatic rings. The van der Waals surface area contributed by atoms with E-state index in [0.717, 1.165) is 47.8 Å². The largest absolute Gasteiger partial charge is 0.376 e. The van der Waals surface area contributed by atoms with Crippen molar-refractivity contribution in [2.45, 2.75) is 83.2 Å². The highest BCUT2D eigenvalue weighted by Gasteiger charge is 2.51. The van der Waals surface area contributed by atoms with E-state index in [-0.39, 0.29) is 48.8 Å². The predicted octanol–water partition coefficient (Wildman–Crippen LogP) is 5.55. The topological polar surface area (TPSA) is 76.6 Å². The van der Waals surface area contributed by atoms with Crippen LogP contribution in [-0.2, 0) is 11.3 Å². The summed E-state index contributed by atoms with van der Waals surface area (Å²) in [5.41, 5.74) is 2.52. The van der Waals surface area contributed by atoms with Gasteiger partial charge in [-0.05, 0) is 73.2 Å². The van der Waals surface area contributed by atoms with Gasteiger partial charge in [0.15, 0.2) is 11.5 Å². The Morgan fingerprint density at radius 2 is 1.95 bits per heavy atom. The van der Waals surface area contributed by atoms with Gasteiger partial charge in [-0.3, -0.25) is 4.90 Å². The van der Waals surface area contributed by atoms with E-state index >= 15 is 0 Å². The Labute approximate surface area is 250 Å². The minimum Gasteiger partial charge on any atom is -0.376 e. The van der Waals surface area contributed by atoms with Gasteiger partial charge in [0.1, 0.15) is 23.5 Å². The van der Waals surface area contributed by atoms with Crippen LogP contribution in [0.1, 0.15) is 57.0 Å². The molecule has 13 heteroatoms. The molecule has 0 bridgehead atoms. The number of rotatable bonds is 6. The van der Waals surface area contributed by atoms with Gasteiger partial charge in [-0.1, -0.05) is 6.07 Å². The second-order valence-corrected chi connectivity index (χ2v) is 13.1. The van der Waals surface area contributed by atoms with Crippen LogP contribution in [0.25, 0.3) is 16.9 Å². The Morgan fingerprint density at radius 1 is 1.14 bits per heavy atom. The summed E-state index contributed by atoms with van der Waals surface area (Å²) in [6.07, 6.45) is 3.54. The fraction of sp³-hybridized carbons (Fsp3) is 0.586. The lowest BCUT2D eigenvalue weighted by molar-refractivity contribution is -0.137. The molecular weight excluding hydrogens is 613 g/mol. The van der Waals surface area contributed by atoms with Crippen LogP contribution in [0, 0.1) is 18.7 Å². The van der Waals surface area contributed by atoms with Crippen LogP contribution in [0.2, 0.25) is 0 Å². The molecule has 3 aliphatic rings. The second-order valence-electron chi connectivity index (χ2n) is 12.2. The average molecular weight is 648 g/mol. The Hall–Kier alpha value is -2.77. The summed E-state index contributed by atoms with van der Waals surface area (Å²) in [7, 11) is 0. The number of alkyl halides is 2. The zero-order chi connectivity index (χ0) is 29.3. The molecule has 224 valence electrons. The standard InChI is InChI=1S/C29H34BrF3N8O/c1-16-13-39(17(2)12-38(16)25(20-10-29(32,33)11-20)19-6-7-23(31)22(30)9-19)26-24-27(41-15-34-37-28(41)36-26)40(18(3)35-24)14-21-5-4-8-42-21/h6-7,9,15-17,20-21,25H,4-5,8,10-14H2,1-3H3/t16-,17+,21+,25?/m1/s1. The molecule has 4 atom stereocenters. The van der Waals surface area contributed by atoms with Crippen molar-refractivity contribution >= 4 is 38.7 Å². The van der Waals surface area contributed by atoms with E-state index in [9.17, 15) is 13.2 Å². The van der Waals surface area contributed by atoms with Crippen LogP contribution in [0.15, 0.2) is 29.0 Å². The fourth-order valence-corrected chi connectivity index (χ4v) is 7.55. The maximum Gasteiger partial charge on any atom is 0.258 e. The van der Waals surface area contributed by atoms with Crippen LogP contribution in [-0.4, -0.2) is 77.8 Å². The quantitative estimate of drug-likeness (QED) is 0.272. The smallest absolute Gasteiger partial charge is 0.258 e. The maximum absolute atomic E-state index is 14.1. The van der Waals surface area contributed by atoms with Crippen molar-refractivity contribution in [2.75, 3.05) is 24.6 Å². The highest BCUT2D eigenvalue weighted by molar-refractivity contribution is 9.10. The van der Waals surface area contributed by atoms with Gasteiger partial charge in [-0.25, -0.2) is 22.6 Å². The Bertz CT molecular complexity index is 1630. The maximum atomic E-state index is 14.1. The van der Waals surface area contributed by atoms with Crippen LogP contribution in [0.4, 0.5) is 19.0 Å². The van der Waals surface area contributed by atoms with E-state index in [4.69, 9.17) is 14.7 Å². The first-order valence-corrected chi connectivity index (χ1v) is 15.4. The molecule has 1 aliphatic carbocycles. The zero-order valence-electron chi connectivity index (χ0n) is 23.9. The fourth-order valence-electron chi connectivity index (χ4n) is 7.16. The number of imidazole rings is 1. The lowest BCUT2D eigenvalue weighted by atomic mass is 9.73. The van der Waals surface area contributed by atoms with Gasteiger partial charge >= 0.3 is 0 Å². The summed E-state index contributed by atoms with van der Waals surface area (Å²) in [4.78, 5) is 14.5. The van der Waals surface area contributed by atoms with Gasteiger partial charge in [0.05, 0.1) is 17.1 Å². The van der Waals surface area contributed by atoms with Crippen LogP contribution in [0.5, 0.6) is 0 Å². The number of piperazine rings is 1. The predicted molar refractivity (Wildman–Crippen MR) is 155 cm³/mol. The molecule has 0 radical (unpaired) electrons. The van der Waals surface area contributed by atoms with Crippen molar-refractivity contribution in [3.05, 3.63) is 46.2 Å². The van der Waals surface area contributed by atoms with E-state index in [2.05, 4.69) is 54.3 Å². The number of hydrogen-bond donors (Lipinski definition) is 0. The molecule has 5 heterocycles. The number of ether oxygens (including phenoxy) is 1. The summed E-state index contributed by atoms with van der Waals surface area (Å²) in [6, 6.07) is 4.65. The van der Waals surface area contributed by atoms with Gasteiger partial charge in [0.25, 0.3) is 5.78 Å². The number of aromatic nitrogens is 6. The van der Waals surface area contributed by atoms with Crippen molar-refractivity contribution in [3.8, 4) is 0 Å². The van der Waals surface area contributed by atoms with Gasteiger partial charge in [-0.2, -0.15) is 4.98 Å². The van der Waals surface area contributed by atoms with Crippen LogP contribution < -0.4 is 4.90 Å². The first kappa shape index (κ1) is 28.0. The van der Waals surface area contributed by atoms with Gasteiger partial charge < -0.3 is 14.2 Å². The lowest BCUT2D eigenvalue weighted by Gasteiger charge is -2.52. The third-order valence-electron chi connectivity index (χ3n) is 9.23. The monoisotopic (exact) mass is 646 g/mol. The number of aryl methyl sites for hydroxylation is 1. The average Bonchev–Trinajstić information content (AvgIpc) is 3.68. The molecule has 0 spiro atoms. The number of fused-ring (bicyclic) bond motifs is 3. The SMILES string of the molecule is Cc1nc2c(N3C[C@@H](C)N(C(c4ccc(F)c(Br)c4)C4CC(F)(F)C4)C[C@@H]3C)nc3nncn3c2n1C[C@@H]1CCCO1. The number of anilines is 1.